The number of anilines is 1. The van der Waals surface area contributed by atoms with Crippen molar-refractivity contribution >= 4 is 17.9 Å². The molecule has 84 valence electrons. The van der Waals surface area contributed by atoms with Crippen LogP contribution in [0, 0.1) is 0 Å². The van der Waals surface area contributed by atoms with Gasteiger partial charge in [-0.2, -0.15) is 0 Å². The van der Waals surface area contributed by atoms with Gasteiger partial charge < -0.3 is 14.8 Å². The molecule has 1 amide bonds. The number of fused-ring (bicyclic) bond motifs is 1. The molecule has 0 aromatic heterocycles. The van der Waals surface area contributed by atoms with E-state index in [0.717, 1.165) is 11.8 Å². The van der Waals surface area contributed by atoms with Crippen molar-refractivity contribution in [3.63, 3.8) is 0 Å². The number of benzene rings is 1. The van der Waals surface area contributed by atoms with Crippen LogP contribution in [-0.2, 0) is 9.59 Å². The van der Waals surface area contributed by atoms with E-state index in [1.807, 2.05) is 25.1 Å². The third kappa shape index (κ3) is 1.91. The molecule has 4 heteroatoms. The van der Waals surface area contributed by atoms with Crippen LogP contribution in [0.1, 0.15) is 24.8 Å². The predicted molar refractivity (Wildman–Crippen MR) is 59.7 cm³/mol. The average Bonchev–Trinajstić information content (AvgIpc) is 2.28. The van der Waals surface area contributed by atoms with Gasteiger partial charge in [-0.05, 0) is 17.5 Å². The number of rotatable bonds is 3. The van der Waals surface area contributed by atoms with E-state index in [4.69, 9.17) is 4.74 Å². The number of nitrogens with one attached hydrogen (secondary N) is 1. The molecule has 2 rings (SSSR count). The van der Waals surface area contributed by atoms with Crippen LogP contribution in [0.4, 0.5) is 5.69 Å². The zero-order chi connectivity index (χ0) is 11.5. The first kappa shape index (κ1) is 10.7. The molecule has 1 aliphatic heterocycles. The first-order valence-corrected chi connectivity index (χ1v) is 5.21. The number of para-hydroxylation sites is 1. The second-order valence-electron chi connectivity index (χ2n) is 3.86. The van der Waals surface area contributed by atoms with Crippen LogP contribution in [-0.4, -0.2) is 18.8 Å². The second-order valence-corrected chi connectivity index (χ2v) is 3.86. The molecule has 0 saturated heterocycles. The first-order valence-electron chi connectivity index (χ1n) is 5.21. The molecule has 1 heterocycles. The standard InChI is InChI=1S/C12H13NO3/c1-8(5-6-14)9-3-2-4-10-12(9)13-11(15)7-16-10/h2-4,6,8H,5,7H2,1H3,(H,13,15). The van der Waals surface area contributed by atoms with Gasteiger partial charge in [0.25, 0.3) is 5.91 Å². The van der Waals surface area contributed by atoms with E-state index in [1.54, 1.807) is 0 Å². The van der Waals surface area contributed by atoms with E-state index in [-0.39, 0.29) is 18.4 Å². The summed E-state index contributed by atoms with van der Waals surface area (Å²) >= 11 is 0. The van der Waals surface area contributed by atoms with Crippen LogP contribution >= 0.6 is 0 Å². The van der Waals surface area contributed by atoms with Crippen molar-refractivity contribution < 1.29 is 14.3 Å². The van der Waals surface area contributed by atoms with Gasteiger partial charge in [-0.1, -0.05) is 19.1 Å². The Morgan fingerprint density at radius 2 is 2.38 bits per heavy atom. The number of hydrogen-bond donors (Lipinski definition) is 1. The Balaban J connectivity index is 2.38. The molecule has 0 spiro atoms. The molecule has 0 bridgehead atoms. The molecule has 1 aromatic carbocycles. The fourth-order valence-corrected chi connectivity index (χ4v) is 1.80. The van der Waals surface area contributed by atoms with Crippen molar-refractivity contribution in [1.82, 2.24) is 0 Å². The Kier molecular flexibility index (Phi) is 2.90. The lowest BCUT2D eigenvalue weighted by Gasteiger charge is -2.22. The van der Waals surface area contributed by atoms with Gasteiger partial charge in [-0.25, -0.2) is 0 Å². The maximum atomic E-state index is 11.3. The molecule has 1 unspecified atom stereocenters. The van der Waals surface area contributed by atoms with Crippen molar-refractivity contribution in [3.05, 3.63) is 23.8 Å². The summed E-state index contributed by atoms with van der Waals surface area (Å²) in [7, 11) is 0. The topological polar surface area (TPSA) is 55.4 Å². The van der Waals surface area contributed by atoms with E-state index in [9.17, 15) is 9.59 Å². The van der Waals surface area contributed by atoms with E-state index in [1.165, 1.54) is 0 Å². The summed E-state index contributed by atoms with van der Waals surface area (Å²) in [5.74, 6) is 0.600. The molecule has 0 radical (unpaired) electrons. The quantitative estimate of drug-likeness (QED) is 0.787. The fourth-order valence-electron chi connectivity index (χ4n) is 1.80. The maximum Gasteiger partial charge on any atom is 0.262 e. The number of amides is 1. The van der Waals surface area contributed by atoms with Gasteiger partial charge in [0.15, 0.2) is 6.61 Å². The van der Waals surface area contributed by atoms with Crippen molar-refractivity contribution in [3.8, 4) is 5.75 Å². The highest BCUT2D eigenvalue weighted by molar-refractivity contribution is 5.96. The molecule has 0 saturated carbocycles. The second kappa shape index (κ2) is 4.35. The van der Waals surface area contributed by atoms with Crippen LogP contribution in [0.25, 0.3) is 0 Å². The molecule has 1 atom stereocenters. The molecule has 0 aliphatic carbocycles. The van der Waals surface area contributed by atoms with Crippen LogP contribution < -0.4 is 10.1 Å². The molecular formula is C12H13NO3. The molecular weight excluding hydrogens is 206 g/mol. The third-order valence-corrected chi connectivity index (χ3v) is 2.66. The minimum absolute atomic E-state index is 0.0541. The summed E-state index contributed by atoms with van der Waals surface area (Å²) in [5, 5.41) is 2.79. The van der Waals surface area contributed by atoms with Crippen LogP contribution in [0.3, 0.4) is 0 Å². The first-order chi connectivity index (χ1) is 7.72. The minimum Gasteiger partial charge on any atom is -0.482 e. The number of aldehydes is 1. The summed E-state index contributed by atoms with van der Waals surface area (Å²) in [6.45, 7) is 2.00. The SMILES string of the molecule is CC(CC=O)c1cccc2c1NC(=O)CO2. The average molecular weight is 219 g/mol. The summed E-state index contributed by atoms with van der Waals surface area (Å²) in [5.41, 5.74) is 1.64. The zero-order valence-corrected chi connectivity index (χ0v) is 9.03. The molecule has 16 heavy (non-hydrogen) atoms. The predicted octanol–water partition coefficient (Wildman–Crippen LogP) is 1.71. The van der Waals surface area contributed by atoms with Gasteiger partial charge >= 0.3 is 0 Å². The minimum atomic E-state index is -0.154. The van der Waals surface area contributed by atoms with E-state index >= 15 is 0 Å². The van der Waals surface area contributed by atoms with Crippen LogP contribution in [0.5, 0.6) is 5.75 Å². The van der Waals surface area contributed by atoms with Crippen LogP contribution in [0.15, 0.2) is 18.2 Å². The van der Waals surface area contributed by atoms with Gasteiger partial charge in [-0.3, -0.25) is 4.79 Å². The van der Waals surface area contributed by atoms with Crippen molar-refractivity contribution in [2.75, 3.05) is 11.9 Å². The molecule has 1 aromatic rings. The molecule has 1 N–H and O–H groups in total. The lowest BCUT2D eigenvalue weighted by atomic mass is 9.96. The smallest absolute Gasteiger partial charge is 0.262 e. The summed E-state index contributed by atoms with van der Waals surface area (Å²) < 4.78 is 5.30. The van der Waals surface area contributed by atoms with E-state index < -0.39 is 0 Å². The van der Waals surface area contributed by atoms with Gasteiger partial charge in [0, 0.05) is 6.42 Å². The van der Waals surface area contributed by atoms with Crippen molar-refractivity contribution in [2.45, 2.75) is 19.3 Å². The van der Waals surface area contributed by atoms with Crippen molar-refractivity contribution in [2.24, 2.45) is 0 Å². The Hall–Kier alpha value is -1.84. The monoisotopic (exact) mass is 219 g/mol. The number of hydrogen-bond acceptors (Lipinski definition) is 3. The highest BCUT2D eigenvalue weighted by Gasteiger charge is 2.21. The normalized spacial score (nSPS) is 15.7. The Bertz CT molecular complexity index is 428. The Labute approximate surface area is 93.6 Å². The fraction of sp³-hybridized carbons (Fsp3) is 0.333. The van der Waals surface area contributed by atoms with Crippen molar-refractivity contribution in [1.29, 1.82) is 0 Å². The largest absolute Gasteiger partial charge is 0.482 e. The van der Waals surface area contributed by atoms with E-state index in [2.05, 4.69) is 5.32 Å². The van der Waals surface area contributed by atoms with Gasteiger partial charge in [0.2, 0.25) is 0 Å². The summed E-state index contributed by atoms with van der Waals surface area (Å²) in [6, 6.07) is 5.58. The highest BCUT2D eigenvalue weighted by atomic mass is 16.5. The van der Waals surface area contributed by atoms with Crippen LogP contribution in [0.2, 0.25) is 0 Å². The van der Waals surface area contributed by atoms with Gasteiger partial charge in [0.1, 0.15) is 12.0 Å². The summed E-state index contributed by atoms with van der Waals surface area (Å²) in [6.07, 6.45) is 1.32. The maximum absolute atomic E-state index is 11.3. The lowest BCUT2D eigenvalue weighted by molar-refractivity contribution is -0.118. The number of carbonyl (C=O) groups is 2. The number of ether oxygens (including phenoxy) is 1. The molecule has 0 fully saturated rings. The summed E-state index contributed by atoms with van der Waals surface area (Å²) in [4.78, 5) is 21.8. The number of carbonyl (C=O) groups excluding carboxylic acids is 2. The lowest BCUT2D eigenvalue weighted by Crippen LogP contribution is -2.26. The highest BCUT2D eigenvalue weighted by Crippen LogP contribution is 2.36. The zero-order valence-electron chi connectivity index (χ0n) is 9.03. The Morgan fingerprint density at radius 1 is 1.56 bits per heavy atom. The molecule has 4 nitrogen and oxygen atoms in total. The molecule has 1 aliphatic rings. The third-order valence-electron chi connectivity index (χ3n) is 2.66. The van der Waals surface area contributed by atoms with E-state index in [0.29, 0.717) is 17.9 Å². The van der Waals surface area contributed by atoms with Gasteiger partial charge in [0.05, 0.1) is 5.69 Å². The Morgan fingerprint density at radius 3 is 3.12 bits per heavy atom. The van der Waals surface area contributed by atoms with Gasteiger partial charge in [-0.15, -0.1) is 0 Å².